The van der Waals surface area contributed by atoms with Crippen molar-refractivity contribution in [2.45, 2.75) is 38.3 Å². The highest BCUT2D eigenvalue weighted by molar-refractivity contribution is 6.01. The number of carboxylic acids is 1. The number of carbonyl (C=O) groups excluding carboxylic acids is 1. The fraction of sp³-hybridized carbons (Fsp3) is 0.300. The van der Waals surface area contributed by atoms with Gasteiger partial charge < -0.3 is 10.0 Å². The molecule has 4 nitrogen and oxygen atoms in total. The number of aliphatic carboxylic acids is 1. The molecular weight excluding hydrogens is 302 g/mol. The van der Waals surface area contributed by atoms with Gasteiger partial charge in [-0.2, -0.15) is 0 Å². The first kappa shape index (κ1) is 16.2. The van der Waals surface area contributed by atoms with E-state index >= 15 is 0 Å². The van der Waals surface area contributed by atoms with E-state index in [-0.39, 0.29) is 11.9 Å². The van der Waals surface area contributed by atoms with E-state index in [1.54, 1.807) is 36.1 Å². The Kier molecular flexibility index (Phi) is 3.91. The molecule has 1 N–H and O–H groups in total. The van der Waals surface area contributed by atoms with E-state index in [1.807, 2.05) is 44.2 Å². The molecule has 1 aliphatic rings. The molecule has 0 fully saturated rings. The van der Waals surface area contributed by atoms with Crippen LogP contribution in [0.3, 0.4) is 0 Å². The molecule has 24 heavy (non-hydrogen) atoms. The van der Waals surface area contributed by atoms with E-state index in [2.05, 4.69) is 0 Å². The average molecular weight is 323 g/mol. The molecule has 1 aliphatic heterocycles. The molecule has 0 bridgehead atoms. The fourth-order valence-corrected chi connectivity index (χ4v) is 3.70. The van der Waals surface area contributed by atoms with E-state index in [0.717, 1.165) is 5.56 Å². The zero-order chi connectivity index (χ0) is 17.5. The lowest BCUT2D eigenvalue weighted by atomic mass is 9.68. The zero-order valence-electron chi connectivity index (χ0n) is 14.1. The van der Waals surface area contributed by atoms with Gasteiger partial charge in [-0.25, -0.2) is 0 Å². The molecular formula is C20H21NO3. The quantitative estimate of drug-likeness (QED) is 0.938. The highest BCUT2D eigenvalue weighted by Gasteiger charge is 2.53. The van der Waals surface area contributed by atoms with Crippen molar-refractivity contribution in [1.29, 1.82) is 0 Å². The maximum absolute atomic E-state index is 13.1. The maximum atomic E-state index is 13.1. The standard InChI is InChI=1S/C20H21NO3/c1-13(2)21-17(14-9-5-4-6-10-14)20(3,19(23)24)16-12-8-7-11-15(16)18(21)22/h4-13,17H,1-3H3,(H,23,24)/t17-,20-/m1/s1. The van der Waals surface area contributed by atoms with Gasteiger partial charge in [-0.05, 0) is 38.0 Å². The van der Waals surface area contributed by atoms with Crippen LogP contribution in [0.25, 0.3) is 0 Å². The lowest BCUT2D eigenvalue weighted by Gasteiger charge is -2.48. The van der Waals surface area contributed by atoms with Gasteiger partial charge in [0.05, 0.1) is 6.04 Å². The summed E-state index contributed by atoms with van der Waals surface area (Å²) >= 11 is 0. The van der Waals surface area contributed by atoms with Crippen LogP contribution in [0.5, 0.6) is 0 Å². The molecule has 4 heteroatoms. The molecule has 2 aromatic carbocycles. The monoisotopic (exact) mass is 323 g/mol. The number of hydrogen-bond donors (Lipinski definition) is 1. The van der Waals surface area contributed by atoms with E-state index in [9.17, 15) is 14.7 Å². The second kappa shape index (κ2) is 5.78. The van der Waals surface area contributed by atoms with Gasteiger partial charge in [0.15, 0.2) is 0 Å². The van der Waals surface area contributed by atoms with Crippen LogP contribution in [0.1, 0.15) is 48.3 Å². The summed E-state index contributed by atoms with van der Waals surface area (Å²) < 4.78 is 0. The number of carbonyl (C=O) groups is 2. The largest absolute Gasteiger partial charge is 0.481 e. The van der Waals surface area contributed by atoms with Crippen LogP contribution in [0.4, 0.5) is 0 Å². The fourth-order valence-electron chi connectivity index (χ4n) is 3.70. The molecule has 2 aromatic rings. The highest BCUT2D eigenvalue weighted by Crippen LogP contribution is 2.48. The smallest absolute Gasteiger partial charge is 0.316 e. The molecule has 2 atom stereocenters. The molecule has 0 unspecified atom stereocenters. The first-order valence-electron chi connectivity index (χ1n) is 8.09. The summed E-state index contributed by atoms with van der Waals surface area (Å²) in [6.45, 7) is 5.56. The molecule has 1 heterocycles. The first-order chi connectivity index (χ1) is 11.4. The number of benzene rings is 2. The summed E-state index contributed by atoms with van der Waals surface area (Å²) in [5.41, 5.74) is 0.673. The Morgan fingerprint density at radius 3 is 2.25 bits per heavy atom. The summed E-state index contributed by atoms with van der Waals surface area (Å²) in [7, 11) is 0. The molecule has 0 saturated carbocycles. The number of nitrogens with zero attached hydrogens (tertiary/aromatic N) is 1. The van der Waals surface area contributed by atoms with Gasteiger partial charge in [-0.1, -0.05) is 48.5 Å². The Labute approximate surface area is 141 Å². The summed E-state index contributed by atoms with van der Waals surface area (Å²) in [5.74, 6) is -1.05. The van der Waals surface area contributed by atoms with Crippen LogP contribution in [0, 0.1) is 0 Å². The van der Waals surface area contributed by atoms with Gasteiger partial charge >= 0.3 is 5.97 Å². The van der Waals surface area contributed by atoms with Crippen molar-refractivity contribution >= 4 is 11.9 Å². The maximum Gasteiger partial charge on any atom is 0.316 e. The minimum atomic E-state index is -1.21. The van der Waals surface area contributed by atoms with Crippen molar-refractivity contribution < 1.29 is 14.7 Å². The summed E-state index contributed by atoms with van der Waals surface area (Å²) in [6, 6.07) is 15.8. The summed E-state index contributed by atoms with van der Waals surface area (Å²) in [6.07, 6.45) is 0. The third-order valence-corrected chi connectivity index (χ3v) is 4.89. The Balaban J connectivity index is 2.34. The van der Waals surface area contributed by atoms with Gasteiger partial charge in [0.25, 0.3) is 5.91 Å². The second-order valence-corrected chi connectivity index (χ2v) is 6.67. The Hall–Kier alpha value is -2.62. The molecule has 0 radical (unpaired) electrons. The van der Waals surface area contributed by atoms with Crippen LogP contribution in [0.15, 0.2) is 54.6 Å². The highest BCUT2D eigenvalue weighted by atomic mass is 16.4. The number of rotatable bonds is 3. The van der Waals surface area contributed by atoms with Crippen molar-refractivity contribution in [1.82, 2.24) is 4.90 Å². The third kappa shape index (κ3) is 2.21. The van der Waals surface area contributed by atoms with Crippen LogP contribution >= 0.6 is 0 Å². The predicted molar refractivity (Wildman–Crippen MR) is 91.9 cm³/mol. The summed E-state index contributed by atoms with van der Waals surface area (Å²) in [4.78, 5) is 27.1. The van der Waals surface area contributed by atoms with Gasteiger partial charge in [0.2, 0.25) is 0 Å². The van der Waals surface area contributed by atoms with Crippen LogP contribution < -0.4 is 0 Å². The van der Waals surface area contributed by atoms with Crippen LogP contribution in [-0.4, -0.2) is 27.9 Å². The van der Waals surface area contributed by atoms with Crippen molar-refractivity contribution in [3.8, 4) is 0 Å². The van der Waals surface area contributed by atoms with E-state index in [4.69, 9.17) is 0 Å². The number of fused-ring (bicyclic) bond motifs is 1. The summed E-state index contributed by atoms with van der Waals surface area (Å²) in [5, 5.41) is 10.1. The second-order valence-electron chi connectivity index (χ2n) is 6.67. The molecule has 1 amide bonds. The average Bonchev–Trinajstić information content (AvgIpc) is 2.58. The van der Waals surface area contributed by atoms with Gasteiger partial charge in [0.1, 0.15) is 5.41 Å². The molecule has 0 aromatic heterocycles. The minimum absolute atomic E-state index is 0.116. The lowest BCUT2D eigenvalue weighted by molar-refractivity contribution is -0.146. The topological polar surface area (TPSA) is 57.6 Å². The van der Waals surface area contributed by atoms with Crippen LogP contribution in [0.2, 0.25) is 0 Å². The van der Waals surface area contributed by atoms with Crippen LogP contribution in [-0.2, 0) is 10.2 Å². The van der Waals surface area contributed by atoms with E-state index in [0.29, 0.717) is 11.1 Å². The number of amides is 1. The van der Waals surface area contributed by atoms with Crippen molar-refractivity contribution in [3.05, 3.63) is 71.3 Å². The van der Waals surface area contributed by atoms with E-state index < -0.39 is 17.4 Å². The Morgan fingerprint density at radius 2 is 1.67 bits per heavy atom. The van der Waals surface area contributed by atoms with Gasteiger partial charge in [-0.3, -0.25) is 9.59 Å². The molecule has 3 rings (SSSR count). The Morgan fingerprint density at radius 1 is 1.08 bits per heavy atom. The minimum Gasteiger partial charge on any atom is -0.481 e. The number of carboxylic acid groups (broad SMARTS) is 1. The SMILES string of the molecule is CC(C)N1C(=O)c2ccccc2[C@@](C)(C(=O)O)[C@H]1c1ccccc1. The van der Waals surface area contributed by atoms with Crippen molar-refractivity contribution in [2.24, 2.45) is 0 Å². The first-order valence-corrected chi connectivity index (χ1v) is 8.09. The van der Waals surface area contributed by atoms with Crippen molar-refractivity contribution in [3.63, 3.8) is 0 Å². The molecule has 124 valence electrons. The van der Waals surface area contributed by atoms with Gasteiger partial charge in [-0.15, -0.1) is 0 Å². The Bertz CT molecular complexity index is 784. The molecule has 0 aliphatic carbocycles. The predicted octanol–water partition coefficient (Wildman–Crippen LogP) is 3.63. The van der Waals surface area contributed by atoms with Crippen molar-refractivity contribution in [2.75, 3.05) is 0 Å². The zero-order valence-corrected chi connectivity index (χ0v) is 14.1. The third-order valence-electron chi connectivity index (χ3n) is 4.89. The normalized spacial score (nSPS) is 23.2. The van der Waals surface area contributed by atoms with E-state index in [1.165, 1.54) is 0 Å². The number of hydrogen-bond acceptors (Lipinski definition) is 2. The molecule has 0 spiro atoms. The molecule has 0 saturated heterocycles. The lowest BCUT2D eigenvalue weighted by Crippen LogP contribution is -2.56. The van der Waals surface area contributed by atoms with Gasteiger partial charge in [0, 0.05) is 11.6 Å².